The molecule has 34 heavy (non-hydrogen) atoms. The van der Waals surface area contributed by atoms with Crippen molar-refractivity contribution in [2.45, 2.75) is 13.0 Å². The van der Waals surface area contributed by atoms with E-state index in [1.54, 1.807) is 54.6 Å². The van der Waals surface area contributed by atoms with Crippen LogP contribution in [0.1, 0.15) is 33.1 Å². The van der Waals surface area contributed by atoms with E-state index in [4.69, 9.17) is 26.8 Å². The fourth-order valence-electron chi connectivity index (χ4n) is 4.08. The highest BCUT2D eigenvalue weighted by atomic mass is 35.5. The molecule has 0 saturated carbocycles. The third-order valence-corrected chi connectivity index (χ3v) is 6.07. The van der Waals surface area contributed by atoms with Crippen LogP contribution in [-0.2, 0) is 4.79 Å². The second kappa shape index (κ2) is 8.35. The highest BCUT2D eigenvalue weighted by Gasteiger charge is 2.27. The van der Waals surface area contributed by atoms with Crippen molar-refractivity contribution in [2.75, 3.05) is 6.79 Å². The Morgan fingerprint density at radius 2 is 1.65 bits per heavy atom. The molecule has 0 spiro atoms. The summed E-state index contributed by atoms with van der Waals surface area (Å²) in [5, 5.41) is 0.706. The van der Waals surface area contributed by atoms with Gasteiger partial charge in [0.1, 0.15) is 6.04 Å². The predicted octanol–water partition coefficient (Wildman–Crippen LogP) is 4.00. The zero-order valence-electron chi connectivity index (χ0n) is 18.1. The number of ether oxygens (including phenoxy) is 2. The number of rotatable bonds is 5. The highest BCUT2D eigenvalue weighted by molar-refractivity contribution is 6.30. The molecule has 0 saturated heterocycles. The summed E-state index contributed by atoms with van der Waals surface area (Å²) >= 11 is 6.03. The van der Waals surface area contributed by atoms with Gasteiger partial charge >= 0.3 is 0 Å². The van der Waals surface area contributed by atoms with Crippen molar-refractivity contribution in [3.05, 3.63) is 104 Å². The molecule has 0 radical (unpaired) electrons. The van der Waals surface area contributed by atoms with E-state index in [-0.39, 0.29) is 17.7 Å². The van der Waals surface area contributed by atoms with E-state index < -0.39 is 23.2 Å². The Morgan fingerprint density at radius 1 is 1.00 bits per heavy atom. The maximum atomic E-state index is 13.5. The lowest BCUT2D eigenvalue weighted by atomic mass is 9.99. The Kier molecular flexibility index (Phi) is 5.34. The number of nitrogens with two attached hydrogens (primary N) is 1. The molecule has 1 atom stereocenters. The number of nitrogens with zero attached hydrogens (tertiary/aromatic N) is 1. The van der Waals surface area contributed by atoms with E-state index in [1.807, 2.05) is 6.92 Å². The van der Waals surface area contributed by atoms with Gasteiger partial charge in [0.15, 0.2) is 17.3 Å². The lowest BCUT2D eigenvalue weighted by Crippen LogP contribution is -2.30. The van der Waals surface area contributed by atoms with Crippen molar-refractivity contribution in [2.24, 2.45) is 5.73 Å². The van der Waals surface area contributed by atoms with Crippen LogP contribution in [0.2, 0.25) is 5.02 Å². The molecule has 0 aliphatic carbocycles. The SMILES string of the molecule is Cc1ccc(C(=O)c2cn(C(C(N)=O)c3ccc(Cl)cc3)c3cc4c(cc3c2=O)OCO4)cc1. The molecule has 1 unspecified atom stereocenters. The van der Waals surface area contributed by atoms with Gasteiger partial charge in [0.2, 0.25) is 18.1 Å². The van der Waals surface area contributed by atoms with Crippen LogP contribution < -0.4 is 20.6 Å². The van der Waals surface area contributed by atoms with Gasteiger partial charge in [0.25, 0.3) is 0 Å². The summed E-state index contributed by atoms with van der Waals surface area (Å²) in [6.45, 7) is 1.91. The molecule has 0 fully saturated rings. The zero-order valence-corrected chi connectivity index (χ0v) is 18.8. The maximum absolute atomic E-state index is 13.5. The number of amides is 1. The van der Waals surface area contributed by atoms with Gasteiger partial charge in [0, 0.05) is 22.8 Å². The molecule has 170 valence electrons. The molecule has 1 aliphatic heterocycles. The Hall–Kier alpha value is -4.10. The molecule has 1 aliphatic rings. The fraction of sp³-hybridized carbons (Fsp3) is 0.115. The van der Waals surface area contributed by atoms with E-state index in [2.05, 4.69) is 0 Å². The summed E-state index contributed by atoms with van der Waals surface area (Å²) in [4.78, 5) is 39.5. The van der Waals surface area contributed by atoms with Crippen molar-refractivity contribution in [1.82, 2.24) is 4.57 Å². The molecule has 2 heterocycles. The number of aryl methyl sites for hydroxylation is 1. The van der Waals surface area contributed by atoms with Crippen LogP contribution in [0.15, 0.2) is 71.7 Å². The average molecular weight is 475 g/mol. The normalized spacial score (nSPS) is 13.1. The van der Waals surface area contributed by atoms with Gasteiger partial charge in [-0.3, -0.25) is 14.4 Å². The number of benzene rings is 3. The van der Waals surface area contributed by atoms with Gasteiger partial charge in [-0.25, -0.2) is 0 Å². The van der Waals surface area contributed by atoms with Gasteiger partial charge in [-0.1, -0.05) is 53.6 Å². The molecular formula is C26H19ClN2O5. The minimum atomic E-state index is -1.01. The number of primary amides is 1. The summed E-state index contributed by atoms with van der Waals surface area (Å²) in [5.74, 6) is -0.313. The van der Waals surface area contributed by atoms with Crippen molar-refractivity contribution in [3.63, 3.8) is 0 Å². The van der Waals surface area contributed by atoms with Crippen LogP contribution in [-0.4, -0.2) is 23.1 Å². The molecular weight excluding hydrogens is 456 g/mol. The van der Waals surface area contributed by atoms with Crippen LogP contribution in [0.3, 0.4) is 0 Å². The molecule has 7 nitrogen and oxygen atoms in total. The summed E-state index contributed by atoms with van der Waals surface area (Å²) in [7, 11) is 0. The van der Waals surface area contributed by atoms with Gasteiger partial charge in [-0.05, 0) is 30.7 Å². The van der Waals surface area contributed by atoms with Crippen molar-refractivity contribution < 1.29 is 19.1 Å². The van der Waals surface area contributed by atoms with E-state index in [0.717, 1.165) is 5.56 Å². The van der Waals surface area contributed by atoms with Crippen LogP contribution >= 0.6 is 11.6 Å². The highest BCUT2D eigenvalue weighted by Crippen LogP contribution is 2.36. The zero-order chi connectivity index (χ0) is 24.0. The van der Waals surface area contributed by atoms with Crippen LogP contribution in [0, 0.1) is 6.92 Å². The minimum Gasteiger partial charge on any atom is -0.454 e. The van der Waals surface area contributed by atoms with Gasteiger partial charge in [-0.15, -0.1) is 0 Å². The van der Waals surface area contributed by atoms with E-state index >= 15 is 0 Å². The maximum Gasteiger partial charge on any atom is 0.245 e. The summed E-state index contributed by atoms with van der Waals surface area (Å²) in [5.41, 5.74) is 7.53. The summed E-state index contributed by atoms with van der Waals surface area (Å²) in [6.07, 6.45) is 1.39. The van der Waals surface area contributed by atoms with Crippen molar-refractivity contribution in [3.8, 4) is 11.5 Å². The first-order valence-electron chi connectivity index (χ1n) is 10.5. The second-order valence-electron chi connectivity index (χ2n) is 8.05. The molecule has 5 rings (SSSR count). The standard InChI is InChI=1S/C26H19ClN2O5/c1-14-2-4-16(5-3-14)24(30)19-12-29(23(26(28)32)15-6-8-17(27)9-7-15)20-11-22-21(33-13-34-22)10-18(20)25(19)31/h2-12,23H,13H2,1H3,(H2,28,32). The van der Waals surface area contributed by atoms with E-state index in [1.165, 1.54) is 16.8 Å². The van der Waals surface area contributed by atoms with Crippen LogP contribution in [0.4, 0.5) is 0 Å². The number of hydrogen-bond donors (Lipinski definition) is 1. The fourth-order valence-corrected chi connectivity index (χ4v) is 4.21. The molecule has 3 aromatic carbocycles. The number of halogens is 1. The van der Waals surface area contributed by atoms with Crippen molar-refractivity contribution >= 4 is 34.2 Å². The number of carbonyl (C=O) groups excluding carboxylic acids is 2. The molecule has 4 aromatic rings. The van der Waals surface area contributed by atoms with Crippen LogP contribution in [0.25, 0.3) is 10.9 Å². The number of carbonyl (C=O) groups is 2. The first-order valence-corrected chi connectivity index (χ1v) is 10.9. The topological polar surface area (TPSA) is 101 Å². The average Bonchev–Trinajstić information content (AvgIpc) is 3.28. The van der Waals surface area contributed by atoms with E-state index in [9.17, 15) is 14.4 Å². The Bertz CT molecular complexity index is 1510. The lowest BCUT2D eigenvalue weighted by molar-refractivity contribution is -0.120. The van der Waals surface area contributed by atoms with Crippen LogP contribution in [0.5, 0.6) is 11.5 Å². The summed E-state index contributed by atoms with van der Waals surface area (Å²) in [6, 6.07) is 15.7. The second-order valence-corrected chi connectivity index (χ2v) is 8.49. The van der Waals surface area contributed by atoms with Crippen molar-refractivity contribution in [1.29, 1.82) is 0 Å². The third kappa shape index (κ3) is 3.70. The molecule has 1 aromatic heterocycles. The third-order valence-electron chi connectivity index (χ3n) is 5.82. The largest absolute Gasteiger partial charge is 0.454 e. The number of hydrogen-bond acceptors (Lipinski definition) is 5. The number of pyridine rings is 1. The minimum absolute atomic E-state index is 0.00539. The number of aromatic nitrogens is 1. The Morgan fingerprint density at radius 3 is 2.29 bits per heavy atom. The monoisotopic (exact) mass is 474 g/mol. The predicted molar refractivity (Wildman–Crippen MR) is 128 cm³/mol. The Labute approximate surface area is 199 Å². The molecule has 0 bridgehead atoms. The van der Waals surface area contributed by atoms with Gasteiger partial charge < -0.3 is 19.8 Å². The smallest absolute Gasteiger partial charge is 0.245 e. The first-order chi connectivity index (χ1) is 16.3. The lowest BCUT2D eigenvalue weighted by Gasteiger charge is -2.22. The Balaban J connectivity index is 1.80. The molecule has 8 heteroatoms. The summed E-state index contributed by atoms with van der Waals surface area (Å²) < 4.78 is 12.5. The molecule has 1 amide bonds. The van der Waals surface area contributed by atoms with Gasteiger partial charge in [0.05, 0.1) is 16.5 Å². The number of fused-ring (bicyclic) bond motifs is 2. The van der Waals surface area contributed by atoms with Gasteiger partial charge in [-0.2, -0.15) is 0 Å². The molecule has 2 N–H and O–H groups in total. The number of ketones is 1. The van der Waals surface area contributed by atoms with E-state index in [0.29, 0.717) is 33.2 Å². The first kappa shape index (κ1) is 21.7. The quantitative estimate of drug-likeness (QED) is 0.441.